The van der Waals surface area contributed by atoms with Crippen LogP contribution >= 0.6 is 0 Å². The molecule has 0 spiro atoms. The fraction of sp³-hybridized carbons (Fsp3) is 0.455. The Balaban J connectivity index is 2.42. The van der Waals surface area contributed by atoms with Gasteiger partial charge in [-0.3, -0.25) is 0 Å². The van der Waals surface area contributed by atoms with Crippen molar-refractivity contribution in [3.8, 4) is 0 Å². The summed E-state index contributed by atoms with van der Waals surface area (Å²) in [5, 5.41) is 11.7. The number of aliphatic hydroxyl groups excluding tert-OH is 1. The van der Waals surface area contributed by atoms with E-state index in [2.05, 4.69) is 70.3 Å². The number of hydrogen-bond acceptors (Lipinski definition) is 2. The first-order valence-corrected chi connectivity index (χ1v) is 12.1. The van der Waals surface area contributed by atoms with Crippen LogP contribution in [-0.2, 0) is 18.1 Å². The van der Waals surface area contributed by atoms with Gasteiger partial charge >= 0.3 is 0 Å². The molecule has 26 heavy (non-hydrogen) atoms. The zero-order valence-electron chi connectivity index (χ0n) is 17.3. The molecule has 0 saturated heterocycles. The fourth-order valence-corrected chi connectivity index (χ4v) is 3.75. The van der Waals surface area contributed by atoms with E-state index in [1.807, 2.05) is 13.0 Å². The monoisotopic (exact) mass is 371 g/mol. The van der Waals surface area contributed by atoms with E-state index in [0.717, 1.165) is 27.7 Å². The van der Waals surface area contributed by atoms with Crippen LogP contribution in [0.2, 0.25) is 18.1 Å². The lowest BCUT2D eigenvalue weighted by Gasteiger charge is -2.36. The Morgan fingerprint density at radius 1 is 1.27 bits per heavy atom. The first-order chi connectivity index (χ1) is 12.0. The minimum Gasteiger partial charge on any atom is -0.411 e. The molecule has 1 atom stereocenters. The number of aromatic nitrogens is 1. The summed E-state index contributed by atoms with van der Waals surface area (Å²) in [4.78, 5) is 0. The van der Waals surface area contributed by atoms with Crippen molar-refractivity contribution >= 4 is 25.3 Å². The standard InChI is InChI=1S/C22H33NO2Si/c1-9-11-21(24)19-13-17-12-18(15-25-26(7,8)22(3,4)5)23(6)20(17)14-16(19)10-2/h9-14,21,24H,2,15H2,1,3-8H3/b11-9+. The van der Waals surface area contributed by atoms with Crippen LogP contribution in [0.25, 0.3) is 17.0 Å². The van der Waals surface area contributed by atoms with Crippen LogP contribution < -0.4 is 0 Å². The number of allylic oxidation sites excluding steroid dienone is 1. The molecular weight excluding hydrogens is 338 g/mol. The highest BCUT2D eigenvalue weighted by Gasteiger charge is 2.37. The van der Waals surface area contributed by atoms with Crippen LogP contribution in [0.15, 0.2) is 36.9 Å². The molecule has 3 nitrogen and oxygen atoms in total. The summed E-state index contributed by atoms with van der Waals surface area (Å²) in [5.41, 5.74) is 4.12. The number of benzene rings is 1. The van der Waals surface area contributed by atoms with Crippen molar-refractivity contribution in [2.75, 3.05) is 0 Å². The fourth-order valence-electron chi connectivity index (χ4n) is 2.80. The number of nitrogens with zero attached hydrogens (tertiary/aromatic N) is 1. The third-order valence-corrected chi connectivity index (χ3v) is 10.1. The number of fused-ring (bicyclic) bond motifs is 1. The summed E-state index contributed by atoms with van der Waals surface area (Å²) in [5.74, 6) is 0. The van der Waals surface area contributed by atoms with Crippen molar-refractivity contribution in [2.45, 2.75) is 58.5 Å². The maximum atomic E-state index is 10.4. The van der Waals surface area contributed by atoms with Crippen LogP contribution in [0, 0.1) is 0 Å². The molecule has 0 aliphatic carbocycles. The summed E-state index contributed by atoms with van der Waals surface area (Å²) < 4.78 is 8.58. The molecule has 1 unspecified atom stereocenters. The Morgan fingerprint density at radius 2 is 1.92 bits per heavy atom. The van der Waals surface area contributed by atoms with E-state index in [1.165, 1.54) is 0 Å². The molecule has 0 fully saturated rings. The normalized spacial score (nSPS) is 14.3. The summed E-state index contributed by atoms with van der Waals surface area (Å²) >= 11 is 0. The molecular formula is C22H33NO2Si. The highest BCUT2D eigenvalue weighted by molar-refractivity contribution is 6.74. The van der Waals surface area contributed by atoms with Gasteiger partial charge in [0, 0.05) is 23.6 Å². The van der Waals surface area contributed by atoms with E-state index in [0.29, 0.717) is 6.61 Å². The Morgan fingerprint density at radius 3 is 2.46 bits per heavy atom. The molecule has 0 bridgehead atoms. The molecule has 1 aromatic carbocycles. The predicted octanol–water partition coefficient (Wildman–Crippen LogP) is 5.95. The number of rotatable bonds is 6. The minimum absolute atomic E-state index is 0.192. The molecule has 4 heteroatoms. The molecule has 2 aromatic rings. The zero-order chi connectivity index (χ0) is 19.7. The Kier molecular flexibility index (Phi) is 6.01. The van der Waals surface area contributed by atoms with Gasteiger partial charge in [0.25, 0.3) is 0 Å². The molecule has 142 valence electrons. The average Bonchev–Trinajstić information content (AvgIpc) is 2.86. The molecule has 1 aromatic heterocycles. The number of aliphatic hydroxyl groups is 1. The van der Waals surface area contributed by atoms with E-state index >= 15 is 0 Å². The molecule has 0 aliphatic heterocycles. The highest BCUT2D eigenvalue weighted by atomic mass is 28.4. The first-order valence-electron chi connectivity index (χ1n) is 9.21. The molecule has 1 heterocycles. The second-order valence-corrected chi connectivity index (χ2v) is 13.3. The minimum atomic E-state index is -1.80. The van der Waals surface area contributed by atoms with Gasteiger partial charge in [0.15, 0.2) is 8.32 Å². The topological polar surface area (TPSA) is 34.4 Å². The van der Waals surface area contributed by atoms with Gasteiger partial charge in [0.1, 0.15) is 0 Å². The Hall–Kier alpha value is -1.62. The predicted molar refractivity (Wildman–Crippen MR) is 115 cm³/mol. The number of hydrogen-bond donors (Lipinski definition) is 1. The van der Waals surface area contributed by atoms with E-state index in [4.69, 9.17) is 4.43 Å². The van der Waals surface area contributed by atoms with Crippen molar-refractivity contribution < 1.29 is 9.53 Å². The van der Waals surface area contributed by atoms with Crippen LogP contribution in [0.3, 0.4) is 0 Å². The first kappa shape index (κ1) is 20.7. The van der Waals surface area contributed by atoms with Crippen molar-refractivity contribution in [2.24, 2.45) is 7.05 Å². The lowest BCUT2D eigenvalue weighted by Crippen LogP contribution is -2.40. The van der Waals surface area contributed by atoms with E-state index < -0.39 is 14.4 Å². The summed E-state index contributed by atoms with van der Waals surface area (Å²) in [6.07, 6.45) is 4.84. The van der Waals surface area contributed by atoms with Crippen molar-refractivity contribution in [1.29, 1.82) is 0 Å². The second-order valence-electron chi connectivity index (χ2n) is 8.46. The SMILES string of the molecule is C=Cc1cc2c(cc1C(O)/C=C/C)cc(CO[Si](C)(C)C(C)(C)C)n2C. The van der Waals surface area contributed by atoms with E-state index in [-0.39, 0.29) is 5.04 Å². The Labute approximate surface area is 159 Å². The lowest BCUT2D eigenvalue weighted by molar-refractivity contribution is 0.228. The smallest absolute Gasteiger partial charge is 0.192 e. The van der Waals surface area contributed by atoms with Gasteiger partial charge in [-0.1, -0.05) is 45.6 Å². The maximum absolute atomic E-state index is 10.4. The largest absolute Gasteiger partial charge is 0.411 e. The highest BCUT2D eigenvalue weighted by Crippen LogP contribution is 2.37. The lowest BCUT2D eigenvalue weighted by atomic mass is 9.99. The maximum Gasteiger partial charge on any atom is 0.192 e. The zero-order valence-corrected chi connectivity index (χ0v) is 18.3. The van der Waals surface area contributed by atoms with Gasteiger partial charge in [0.05, 0.1) is 12.7 Å². The van der Waals surface area contributed by atoms with Gasteiger partial charge < -0.3 is 14.1 Å². The number of aryl methyl sites for hydroxylation is 1. The molecule has 0 saturated carbocycles. The average molecular weight is 372 g/mol. The Bertz CT molecular complexity index is 825. The van der Waals surface area contributed by atoms with Gasteiger partial charge in [-0.25, -0.2) is 0 Å². The van der Waals surface area contributed by atoms with Crippen LogP contribution in [-0.4, -0.2) is 18.0 Å². The van der Waals surface area contributed by atoms with Crippen molar-refractivity contribution in [1.82, 2.24) is 4.57 Å². The molecule has 1 N–H and O–H groups in total. The molecule has 2 rings (SSSR count). The summed E-state index contributed by atoms with van der Waals surface area (Å²) in [7, 11) is 0.276. The second kappa shape index (κ2) is 7.55. The van der Waals surface area contributed by atoms with Gasteiger partial charge in [-0.2, -0.15) is 0 Å². The van der Waals surface area contributed by atoms with Crippen molar-refractivity contribution in [3.05, 3.63) is 53.8 Å². The molecule has 0 radical (unpaired) electrons. The van der Waals surface area contributed by atoms with Crippen molar-refractivity contribution in [3.63, 3.8) is 0 Å². The van der Waals surface area contributed by atoms with E-state index in [9.17, 15) is 5.11 Å². The van der Waals surface area contributed by atoms with Gasteiger partial charge in [-0.15, -0.1) is 0 Å². The third-order valence-electron chi connectivity index (χ3n) is 5.65. The quantitative estimate of drug-likeness (QED) is 0.503. The summed E-state index contributed by atoms with van der Waals surface area (Å²) in [6, 6.07) is 6.33. The van der Waals surface area contributed by atoms with Gasteiger partial charge in [0.2, 0.25) is 0 Å². The van der Waals surface area contributed by atoms with E-state index in [1.54, 1.807) is 12.2 Å². The van der Waals surface area contributed by atoms with Crippen LogP contribution in [0.4, 0.5) is 0 Å². The van der Waals surface area contributed by atoms with Crippen LogP contribution in [0.5, 0.6) is 0 Å². The van der Waals surface area contributed by atoms with Crippen LogP contribution in [0.1, 0.15) is 50.6 Å². The molecule has 0 aliphatic rings. The molecule has 0 amide bonds. The summed E-state index contributed by atoms with van der Waals surface area (Å²) in [6.45, 7) is 17.7. The third kappa shape index (κ3) is 4.03. The van der Waals surface area contributed by atoms with Gasteiger partial charge in [-0.05, 0) is 54.4 Å².